The maximum Gasteiger partial charge on any atom is 0.344 e. The average molecular weight is 398 g/mol. The van der Waals surface area contributed by atoms with Crippen LogP contribution in [0, 0.1) is 5.92 Å². The fraction of sp³-hybridized carbons (Fsp3) is 0.524. The lowest BCUT2D eigenvalue weighted by atomic mass is 9.82. The Labute approximate surface area is 169 Å². The first-order valence-electron chi connectivity index (χ1n) is 10.3. The molecule has 1 aliphatic carbocycles. The summed E-state index contributed by atoms with van der Waals surface area (Å²) in [4.78, 5) is 51.7. The average Bonchev–Trinajstić information content (AvgIpc) is 3.21. The Bertz CT molecular complexity index is 819. The Balaban J connectivity index is 1.33. The number of urea groups is 1. The lowest BCUT2D eigenvalue weighted by molar-refractivity contribution is -0.141. The van der Waals surface area contributed by atoms with Gasteiger partial charge in [-0.3, -0.25) is 19.8 Å². The van der Waals surface area contributed by atoms with Gasteiger partial charge in [0, 0.05) is 19.5 Å². The van der Waals surface area contributed by atoms with E-state index in [9.17, 15) is 19.2 Å². The smallest absolute Gasteiger partial charge is 0.342 e. The van der Waals surface area contributed by atoms with Crippen molar-refractivity contribution in [2.24, 2.45) is 5.92 Å². The van der Waals surface area contributed by atoms with Crippen molar-refractivity contribution in [1.82, 2.24) is 20.7 Å². The van der Waals surface area contributed by atoms with Gasteiger partial charge in [-0.25, -0.2) is 4.79 Å². The SMILES string of the molecule is O=C(NN1C(=O)NC2(CCCCC2)C1=O)[C@@H]1CC(=O)N(CCc2ccccc2)C1. The maximum atomic E-state index is 12.8. The van der Waals surface area contributed by atoms with Crippen LogP contribution in [0.1, 0.15) is 44.1 Å². The van der Waals surface area contributed by atoms with Gasteiger partial charge in [0.2, 0.25) is 11.8 Å². The zero-order chi connectivity index (χ0) is 20.4. The molecule has 1 saturated carbocycles. The van der Waals surface area contributed by atoms with Crippen molar-refractivity contribution < 1.29 is 19.2 Å². The van der Waals surface area contributed by atoms with E-state index in [1.807, 2.05) is 30.3 Å². The second kappa shape index (κ2) is 7.85. The molecule has 5 amide bonds. The highest BCUT2D eigenvalue weighted by molar-refractivity contribution is 6.08. The van der Waals surface area contributed by atoms with Gasteiger partial charge in [0.25, 0.3) is 5.91 Å². The topological polar surface area (TPSA) is 98.8 Å². The van der Waals surface area contributed by atoms with Crippen molar-refractivity contribution in [2.75, 3.05) is 13.1 Å². The maximum absolute atomic E-state index is 12.8. The van der Waals surface area contributed by atoms with Gasteiger partial charge in [-0.05, 0) is 24.8 Å². The number of nitrogens with zero attached hydrogens (tertiary/aromatic N) is 2. The number of rotatable bonds is 5. The summed E-state index contributed by atoms with van der Waals surface area (Å²) in [5.74, 6) is -1.50. The summed E-state index contributed by atoms with van der Waals surface area (Å²) in [6.45, 7) is 0.838. The van der Waals surface area contributed by atoms with Crippen LogP contribution in [0.2, 0.25) is 0 Å². The Morgan fingerprint density at radius 1 is 1.10 bits per heavy atom. The lowest BCUT2D eigenvalue weighted by Gasteiger charge is -2.30. The van der Waals surface area contributed by atoms with Crippen molar-refractivity contribution in [2.45, 2.75) is 50.5 Å². The predicted octanol–water partition coefficient (Wildman–Crippen LogP) is 1.36. The minimum Gasteiger partial charge on any atom is -0.342 e. The molecule has 0 aromatic heterocycles. The summed E-state index contributed by atoms with van der Waals surface area (Å²) in [6.07, 6.45) is 4.80. The molecule has 3 fully saturated rings. The van der Waals surface area contributed by atoms with Crippen molar-refractivity contribution >= 4 is 23.8 Å². The number of imide groups is 1. The molecular formula is C21H26N4O4. The van der Waals surface area contributed by atoms with Crippen LogP contribution in [-0.4, -0.2) is 52.3 Å². The minimum absolute atomic E-state index is 0.0815. The largest absolute Gasteiger partial charge is 0.344 e. The quantitative estimate of drug-likeness (QED) is 0.732. The van der Waals surface area contributed by atoms with Crippen molar-refractivity contribution in [3.8, 4) is 0 Å². The molecule has 0 radical (unpaired) electrons. The van der Waals surface area contributed by atoms with Crippen LogP contribution in [0.3, 0.4) is 0 Å². The summed E-state index contributed by atoms with van der Waals surface area (Å²) >= 11 is 0. The molecule has 1 aromatic carbocycles. The van der Waals surface area contributed by atoms with E-state index in [0.29, 0.717) is 25.9 Å². The molecule has 29 heavy (non-hydrogen) atoms. The number of carbonyl (C=O) groups is 4. The van der Waals surface area contributed by atoms with Gasteiger partial charge in [0.1, 0.15) is 5.54 Å². The van der Waals surface area contributed by atoms with E-state index in [4.69, 9.17) is 0 Å². The molecular weight excluding hydrogens is 372 g/mol. The molecule has 2 saturated heterocycles. The number of likely N-dealkylation sites (tertiary alicyclic amines) is 1. The second-order valence-electron chi connectivity index (χ2n) is 8.17. The van der Waals surface area contributed by atoms with E-state index < -0.39 is 23.4 Å². The molecule has 3 aliphatic rings. The van der Waals surface area contributed by atoms with Gasteiger partial charge in [0.15, 0.2) is 0 Å². The molecule has 4 rings (SSSR count). The zero-order valence-electron chi connectivity index (χ0n) is 16.4. The fourth-order valence-electron chi connectivity index (χ4n) is 4.49. The van der Waals surface area contributed by atoms with Crippen molar-refractivity contribution in [3.63, 3.8) is 0 Å². The molecule has 0 bridgehead atoms. The van der Waals surface area contributed by atoms with Gasteiger partial charge < -0.3 is 10.2 Å². The normalized spacial score (nSPS) is 23.6. The third kappa shape index (κ3) is 3.83. The van der Waals surface area contributed by atoms with E-state index in [0.717, 1.165) is 36.3 Å². The first kappa shape index (κ1) is 19.4. The van der Waals surface area contributed by atoms with Crippen LogP contribution in [0.5, 0.6) is 0 Å². The Hall–Kier alpha value is -2.90. The molecule has 154 valence electrons. The predicted molar refractivity (Wildman–Crippen MR) is 104 cm³/mol. The number of benzene rings is 1. The first-order valence-corrected chi connectivity index (χ1v) is 10.3. The van der Waals surface area contributed by atoms with Crippen LogP contribution < -0.4 is 10.7 Å². The van der Waals surface area contributed by atoms with Gasteiger partial charge in [-0.1, -0.05) is 49.6 Å². The monoisotopic (exact) mass is 398 g/mol. The van der Waals surface area contributed by atoms with Gasteiger partial charge >= 0.3 is 6.03 Å². The second-order valence-corrected chi connectivity index (χ2v) is 8.17. The van der Waals surface area contributed by atoms with Gasteiger partial charge in [-0.15, -0.1) is 0 Å². The summed E-state index contributed by atoms with van der Waals surface area (Å²) < 4.78 is 0. The van der Waals surface area contributed by atoms with Crippen LogP contribution in [0.4, 0.5) is 4.79 Å². The highest BCUT2D eigenvalue weighted by Crippen LogP contribution is 2.33. The number of hydrazine groups is 1. The minimum atomic E-state index is -0.879. The highest BCUT2D eigenvalue weighted by Gasteiger charge is 2.52. The van der Waals surface area contributed by atoms with Crippen LogP contribution in [0.25, 0.3) is 0 Å². The van der Waals surface area contributed by atoms with Crippen molar-refractivity contribution in [3.05, 3.63) is 35.9 Å². The number of hydrogen-bond acceptors (Lipinski definition) is 4. The molecule has 0 unspecified atom stereocenters. The molecule has 8 nitrogen and oxygen atoms in total. The van der Waals surface area contributed by atoms with E-state index in [2.05, 4.69) is 10.7 Å². The van der Waals surface area contributed by atoms with Crippen LogP contribution in [-0.2, 0) is 20.8 Å². The standard InChI is InChI=1S/C21H26N4O4/c26-17-13-16(14-24(17)12-9-15-7-3-1-4-8-15)18(27)23-25-19(28)21(22-20(25)29)10-5-2-6-11-21/h1,3-4,7-8,16H,2,5-6,9-14H2,(H,22,29)(H,23,27)/t16-/m1/s1. The number of nitrogens with one attached hydrogen (secondary N) is 2. The van der Waals surface area contributed by atoms with E-state index in [1.54, 1.807) is 4.90 Å². The zero-order valence-corrected chi connectivity index (χ0v) is 16.4. The van der Waals surface area contributed by atoms with Crippen LogP contribution in [0.15, 0.2) is 30.3 Å². The molecule has 2 heterocycles. The molecule has 1 atom stereocenters. The van der Waals surface area contributed by atoms with Gasteiger partial charge in [-0.2, -0.15) is 5.01 Å². The number of amides is 5. The molecule has 1 aromatic rings. The van der Waals surface area contributed by atoms with E-state index >= 15 is 0 Å². The summed E-state index contributed by atoms with van der Waals surface area (Å²) in [5.41, 5.74) is 2.71. The lowest BCUT2D eigenvalue weighted by Crippen LogP contribution is -2.52. The Morgan fingerprint density at radius 2 is 1.83 bits per heavy atom. The highest BCUT2D eigenvalue weighted by atomic mass is 16.2. The third-order valence-corrected chi connectivity index (χ3v) is 6.19. The Kier molecular flexibility index (Phi) is 5.25. The summed E-state index contributed by atoms with van der Waals surface area (Å²) in [6, 6.07) is 9.27. The van der Waals surface area contributed by atoms with E-state index in [1.165, 1.54) is 0 Å². The molecule has 2 aliphatic heterocycles. The number of hydrogen-bond donors (Lipinski definition) is 2. The summed E-state index contributed by atoms with van der Waals surface area (Å²) in [7, 11) is 0. The molecule has 1 spiro atoms. The van der Waals surface area contributed by atoms with Crippen molar-refractivity contribution in [1.29, 1.82) is 0 Å². The summed E-state index contributed by atoms with van der Waals surface area (Å²) in [5, 5.41) is 3.58. The van der Waals surface area contributed by atoms with E-state index in [-0.39, 0.29) is 18.2 Å². The molecule has 2 N–H and O–H groups in total. The number of carbonyl (C=O) groups excluding carboxylic acids is 4. The Morgan fingerprint density at radius 3 is 2.55 bits per heavy atom. The van der Waals surface area contributed by atoms with Gasteiger partial charge in [0.05, 0.1) is 5.92 Å². The third-order valence-electron chi connectivity index (χ3n) is 6.19. The fourth-order valence-corrected chi connectivity index (χ4v) is 4.49. The molecule has 8 heteroatoms. The van der Waals surface area contributed by atoms with Crippen LogP contribution >= 0.6 is 0 Å². The first-order chi connectivity index (χ1) is 14.0.